The summed E-state index contributed by atoms with van der Waals surface area (Å²) in [6.07, 6.45) is 1.41. The molecule has 0 unspecified atom stereocenters. The van der Waals surface area contributed by atoms with Gasteiger partial charge in [-0.25, -0.2) is 0 Å². The van der Waals surface area contributed by atoms with Gasteiger partial charge in [-0.15, -0.1) is 0 Å². The molecule has 2 rings (SSSR count). The first kappa shape index (κ1) is 10.7. The molecule has 0 saturated carbocycles. The van der Waals surface area contributed by atoms with Crippen LogP contribution in [0.1, 0.15) is 24.4 Å². The first-order valence-electron chi connectivity index (χ1n) is 5.04. The number of carbonyl (C=O) groups is 2. The second-order valence-electron chi connectivity index (χ2n) is 4.15. The minimum atomic E-state index is -0.859. The van der Waals surface area contributed by atoms with Gasteiger partial charge in [-0.2, -0.15) is 0 Å². The lowest BCUT2D eigenvalue weighted by Crippen LogP contribution is -2.63. The van der Waals surface area contributed by atoms with Gasteiger partial charge in [0, 0.05) is 19.2 Å². The zero-order valence-corrected chi connectivity index (χ0v) is 9.19. The van der Waals surface area contributed by atoms with Crippen LogP contribution in [0.25, 0.3) is 0 Å². The summed E-state index contributed by atoms with van der Waals surface area (Å²) in [5.41, 5.74) is -0.859. The molecule has 6 heteroatoms. The standard InChI is InChI=1S/C10H13N3O3/c1-10(2)9(15)11-5-6-13(10)8(14)7-3-4-12-16-7/h3-4H,5-6H2,1-2H3,(H,11,15). The van der Waals surface area contributed by atoms with Crippen molar-refractivity contribution in [2.75, 3.05) is 13.1 Å². The number of hydrogen-bond donors (Lipinski definition) is 1. The summed E-state index contributed by atoms with van der Waals surface area (Å²) >= 11 is 0. The number of piperazine rings is 1. The van der Waals surface area contributed by atoms with Crippen LogP contribution in [0.5, 0.6) is 0 Å². The molecule has 0 aromatic carbocycles. The molecule has 1 aromatic rings. The van der Waals surface area contributed by atoms with Gasteiger partial charge in [0.05, 0.1) is 6.20 Å². The zero-order valence-electron chi connectivity index (χ0n) is 9.19. The summed E-state index contributed by atoms with van der Waals surface area (Å²) in [6, 6.07) is 1.49. The maximum atomic E-state index is 12.0. The zero-order chi connectivity index (χ0) is 11.8. The molecule has 0 radical (unpaired) electrons. The number of nitrogens with zero attached hydrogens (tertiary/aromatic N) is 2. The average molecular weight is 223 g/mol. The topological polar surface area (TPSA) is 75.4 Å². The molecule has 6 nitrogen and oxygen atoms in total. The van der Waals surface area contributed by atoms with Gasteiger partial charge < -0.3 is 14.7 Å². The molecular weight excluding hydrogens is 210 g/mol. The molecule has 1 saturated heterocycles. The third-order valence-electron chi connectivity index (χ3n) is 2.75. The van der Waals surface area contributed by atoms with Gasteiger partial charge in [0.1, 0.15) is 5.54 Å². The molecule has 0 spiro atoms. The minimum Gasteiger partial charge on any atom is -0.352 e. The third-order valence-corrected chi connectivity index (χ3v) is 2.75. The van der Waals surface area contributed by atoms with Crippen molar-refractivity contribution in [3.8, 4) is 0 Å². The summed E-state index contributed by atoms with van der Waals surface area (Å²) in [7, 11) is 0. The Balaban J connectivity index is 2.26. The Labute approximate surface area is 92.6 Å². The van der Waals surface area contributed by atoms with Crippen LogP contribution in [0, 0.1) is 0 Å². The van der Waals surface area contributed by atoms with Gasteiger partial charge in [-0.05, 0) is 13.8 Å². The van der Waals surface area contributed by atoms with Crippen LogP contribution in [0.3, 0.4) is 0 Å². The van der Waals surface area contributed by atoms with E-state index in [9.17, 15) is 9.59 Å². The summed E-state index contributed by atoms with van der Waals surface area (Å²) in [6.45, 7) is 4.34. The van der Waals surface area contributed by atoms with Gasteiger partial charge in [0.25, 0.3) is 5.91 Å². The maximum absolute atomic E-state index is 12.0. The first-order chi connectivity index (χ1) is 7.53. The van der Waals surface area contributed by atoms with E-state index in [2.05, 4.69) is 10.5 Å². The largest absolute Gasteiger partial charge is 0.352 e. The van der Waals surface area contributed by atoms with E-state index >= 15 is 0 Å². The Kier molecular flexibility index (Phi) is 2.41. The van der Waals surface area contributed by atoms with E-state index in [-0.39, 0.29) is 17.6 Å². The lowest BCUT2D eigenvalue weighted by Gasteiger charge is -2.40. The van der Waals surface area contributed by atoms with Crippen LogP contribution >= 0.6 is 0 Å². The maximum Gasteiger partial charge on any atom is 0.293 e. The molecule has 16 heavy (non-hydrogen) atoms. The van der Waals surface area contributed by atoms with E-state index in [1.165, 1.54) is 17.2 Å². The van der Waals surface area contributed by atoms with Gasteiger partial charge in [0.2, 0.25) is 11.7 Å². The van der Waals surface area contributed by atoms with Gasteiger partial charge in [0.15, 0.2) is 0 Å². The number of nitrogens with one attached hydrogen (secondary N) is 1. The van der Waals surface area contributed by atoms with Gasteiger partial charge in [-0.3, -0.25) is 9.59 Å². The minimum absolute atomic E-state index is 0.155. The van der Waals surface area contributed by atoms with Crippen LogP contribution in [0.2, 0.25) is 0 Å². The third kappa shape index (κ3) is 1.56. The fraction of sp³-hybridized carbons (Fsp3) is 0.500. The number of carbonyl (C=O) groups excluding carboxylic acids is 2. The number of amides is 2. The molecule has 1 aromatic heterocycles. The highest BCUT2D eigenvalue weighted by Crippen LogP contribution is 2.20. The van der Waals surface area contributed by atoms with E-state index in [1.807, 2.05) is 0 Å². The predicted octanol–water partition coefficient (Wildman–Crippen LogP) is 0.0252. The Bertz CT molecular complexity index is 411. The normalized spacial score (nSPS) is 19.4. The lowest BCUT2D eigenvalue weighted by atomic mass is 9.98. The summed E-state index contributed by atoms with van der Waals surface area (Å²) < 4.78 is 4.80. The highest BCUT2D eigenvalue weighted by molar-refractivity contribution is 5.97. The molecule has 1 aliphatic rings. The smallest absolute Gasteiger partial charge is 0.293 e. The Morgan fingerprint density at radius 3 is 3.00 bits per heavy atom. The van der Waals surface area contributed by atoms with Crippen molar-refractivity contribution in [3.63, 3.8) is 0 Å². The van der Waals surface area contributed by atoms with E-state index in [1.54, 1.807) is 13.8 Å². The molecule has 1 aliphatic heterocycles. The van der Waals surface area contributed by atoms with Crippen molar-refractivity contribution in [2.45, 2.75) is 19.4 Å². The van der Waals surface area contributed by atoms with Crippen molar-refractivity contribution in [1.29, 1.82) is 0 Å². The SMILES string of the molecule is CC1(C)C(=O)NCCN1C(=O)c1ccno1. The molecule has 2 amide bonds. The highest BCUT2D eigenvalue weighted by Gasteiger charge is 2.41. The van der Waals surface area contributed by atoms with Crippen LogP contribution in [0.4, 0.5) is 0 Å². The van der Waals surface area contributed by atoms with E-state index in [0.717, 1.165) is 0 Å². The Morgan fingerprint density at radius 2 is 2.38 bits per heavy atom. The Hall–Kier alpha value is -1.85. The van der Waals surface area contributed by atoms with Crippen molar-refractivity contribution in [1.82, 2.24) is 15.4 Å². The predicted molar refractivity (Wildman–Crippen MR) is 54.6 cm³/mol. The second-order valence-corrected chi connectivity index (χ2v) is 4.15. The van der Waals surface area contributed by atoms with Crippen molar-refractivity contribution in [2.24, 2.45) is 0 Å². The molecule has 0 aliphatic carbocycles. The Morgan fingerprint density at radius 1 is 1.62 bits per heavy atom. The first-order valence-corrected chi connectivity index (χ1v) is 5.04. The average Bonchev–Trinajstić information content (AvgIpc) is 2.74. The van der Waals surface area contributed by atoms with Crippen LogP contribution in [-0.4, -0.2) is 40.5 Å². The van der Waals surface area contributed by atoms with Crippen LogP contribution in [-0.2, 0) is 4.79 Å². The van der Waals surface area contributed by atoms with Crippen molar-refractivity contribution >= 4 is 11.8 Å². The van der Waals surface area contributed by atoms with Gasteiger partial charge >= 0.3 is 0 Å². The number of aromatic nitrogens is 1. The lowest BCUT2D eigenvalue weighted by molar-refractivity contribution is -0.133. The summed E-state index contributed by atoms with van der Waals surface area (Å²) in [5, 5.41) is 6.21. The molecule has 1 N–H and O–H groups in total. The molecule has 2 heterocycles. The van der Waals surface area contributed by atoms with E-state index in [4.69, 9.17) is 4.52 Å². The number of rotatable bonds is 1. The molecule has 0 atom stereocenters. The summed E-state index contributed by atoms with van der Waals surface area (Å²) in [4.78, 5) is 25.2. The van der Waals surface area contributed by atoms with E-state index < -0.39 is 5.54 Å². The number of hydrogen-bond acceptors (Lipinski definition) is 4. The van der Waals surface area contributed by atoms with Crippen molar-refractivity contribution < 1.29 is 14.1 Å². The molecular formula is C10H13N3O3. The van der Waals surface area contributed by atoms with Crippen molar-refractivity contribution in [3.05, 3.63) is 18.0 Å². The second kappa shape index (κ2) is 3.62. The van der Waals surface area contributed by atoms with Crippen LogP contribution in [0.15, 0.2) is 16.8 Å². The van der Waals surface area contributed by atoms with Gasteiger partial charge in [-0.1, -0.05) is 5.16 Å². The fourth-order valence-electron chi connectivity index (χ4n) is 1.71. The quantitative estimate of drug-likeness (QED) is 0.728. The molecule has 0 bridgehead atoms. The molecule has 86 valence electrons. The molecule has 1 fully saturated rings. The fourth-order valence-corrected chi connectivity index (χ4v) is 1.71. The van der Waals surface area contributed by atoms with Crippen LogP contribution < -0.4 is 5.32 Å². The van der Waals surface area contributed by atoms with E-state index in [0.29, 0.717) is 13.1 Å². The summed E-state index contributed by atoms with van der Waals surface area (Å²) in [5.74, 6) is -0.313. The monoisotopic (exact) mass is 223 g/mol. The highest BCUT2D eigenvalue weighted by atomic mass is 16.5.